The second kappa shape index (κ2) is 5.83. The third-order valence-corrected chi connectivity index (χ3v) is 4.05. The fourth-order valence-corrected chi connectivity index (χ4v) is 2.32. The Kier molecular flexibility index (Phi) is 4.95. The van der Waals surface area contributed by atoms with Crippen LogP contribution in [-0.4, -0.2) is 48.2 Å². The van der Waals surface area contributed by atoms with E-state index in [4.69, 9.17) is 0 Å². The van der Waals surface area contributed by atoms with Crippen molar-refractivity contribution in [2.24, 2.45) is 5.41 Å². The van der Waals surface area contributed by atoms with Crippen LogP contribution in [0.2, 0.25) is 0 Å². The lowest BCUT2D eigenvalue weighted by Crippen LogP contribution is -2.48. The van der Waals surface area contributed by atoms with E-state index in [1.807, 2.05) is 11.9 Å². The number of rotatable bonds is 5. The first-order valence-corrected chi connectivity index (χ1v) is 6.49. The molecule has 0 aromatic carbocycles. The Hall–Kier alpha value is -0.610. The number of carbonyl (C=O) groups is 1. The lowest BCUT2D eigenvalue weighted by Gasteiger charge is -2.31. The Morgan fingerprint density at radius 3 is 2.76 bits per heavy atom. The molecule has 0 heterocycles. The number of aliphatic hydroxyl groups excluding tert-OH is 1. The molecule has 0 aromatic rings. The molecule has 4 nitrogen and oxygen atoms in total. The van der Waals surface area contributed by atoms with Gasteiger partial charge in [0.1, 0.15) is 0 Å². The van der Waals surface area contributed by atoms with E-state index < -0.39 is 0 Å². The summed E-state index contributed by atoms with van der Waals surface area (Å²) < 4.78 is 0. The summed E-state index contributed by atoms with van der Waals surface area (Å²) in [7, 11) is 1.95. The third-order valence-electron chi connectivity index (χ3n) is 4.05. The SMILES string of the molecule is CC(C)N(C)CC(=O)NC1CCCC1(C)CO. The van der Waals surface area contributed by atoms with E-state index >= 15 is 0 Å². The molecule has 17 heavy (non-hydrogen) atoms. The summed E-state index contributed by atoms with van der Waals surface area (Å²) in [6.45, 7) is 6.77. The van der Waals surface area contributed by atoms with Gasteiger partial charge in [0, 0.05) is 17.5 Å². The second-order valence-corrected chi connectivity index (χ2v) is 5.83. The van der Waals surface area contributed by atoms with Crippen molar-refractivity contribution in [3.05, 3.63) is 0 Å². The highest BCUT2D eigenvalue weighted by molar-refractivity contribution is 5.78. The molecule has 1 amide bonds. The zero-order chi connectivity index (χ0) is 13.1. The monoisotopic (exact) mass is 242 g/mol. The van der Waals surface area contributed by atoms with E-state index in [0.717, 1.165) is 19.3 Å². The maximum Gasteiger partial charge on any atom is 0.234 e. The molecule has 1 aliphatic carbocycles. The molecule has 0 spiro atoms. The first kappa shape index (κ1) is 14.5. The van der Waals surface area contributed by atoms with Crippen molar-refractivity contribution >= 4 is 5.91 Å². The Morgan fingerprint density at radius 2 is 2.24 bits per heavy atom. The van der Waals surface area contributed by atoms with Gasteiger partial charge < -0.3 is 10.4 Å². The maximum atomic E-state index is 11.9. The van der Waals surface area contributed by atoms with E-state index in [1.165, 1.54) is 0 Å². The average molecular weight is 242 g/mol. The van der Waals surface area contributed by atoms with E-state index in [-0.39, 0.29) is 24.0 Å². The van der Waals surface area contributed by atoms with Gasteiger partial charge in [0.25, 0.3) is 0 Å². The summed E-state index contributed by atoms with van der Waals surface area (Å²) in [5.41, 5.74) is -0.133. The summed E-state index contributed by atoms with van der Waals surface area (Å²) >= 11 is 0. The van der Waals surface area contributed by atoms with Crippen molar-refractivity contribution in [1.29, 1.82) is 0 Å². The minimum absolute atomic E-state index is 0.0628. The van der Waals surface area contributed by atoms with Gasteiger partial charge in [-0.05, 0) is 33.7 Å². The Labute approximate surface area is 104 Å². The van der Waals surface area contributed by atoms with Crippen LogP contribution in [0.5, 0.6) is 0 Å². The van der Waals surface area contributed by atoms with Crippen LogP contribution >= 0.6 is 0 Å². The van der Waals surface area contributed by atoms with Gasteiger partial charge in [-0.3, -0.25) is 9.69 Å². The Morgan fingerprint density at radius 1 is 1.59 bits per heavy atom. The predicted molar refractivity (Wildman–Crippen MR) is 68.7 cm³/mol. The highest BCUT2D eigenvalue weighted by Crippen LogP contribution is 2.37. The van der Waals surface area contributed by atoms with Crippen LogP contribution in [0.3, 0.4) is 0 Å². The highest BCUT2D eigenvalue weighted by atomic mass is 16.3. The first-order valence-electron chi connectivity index (χ1n) is 6.49. The number of nitrogens with one attached hydrogen (secondary N) is 1. The van der Waals surface area contributed by atoms with Crippen LogP contribution in [0.1, 0.15) is 40.0 Å². The number of likely N-dealkylation sites (N-methyl/N-ethyl adjacent to an activating group) is 1. The maximum absolute atomic E-state index is 11.9. The van der Waals surface area contributed by atoms with Crippen molar-refractivity contribution in [2.45, 2.75) is 52.1 Å². The first-order chi connectivity index (χ1) is 7.89. The van der Waals surface area contributed by atoms with Gasteiger partial charge in [-0.1, -0.05) is 13.3 Å². The number of hydrogen-bond acceptors (Lipinski definition) is 3. The van der Waals surface area contributed by atoms with Gasteiger partial charge in [0.2, 0.25) is 5.91 Å². The summed E-state index contributed by atoms with van der Waals surface area (Å²) in [6, 6.07) is 0.495. The molecule has 0 saturated heterocycles. The Bertz CT molecular complexity index is 268. The number of nitrogens with zero attached hydrogens (tertiary/aromatic N) is 1. The van der Waals surface area contributed by atoms with Crippen LogP contribution < -0.4 is 5.32 Å². The molecule has 4 heteroatoms. The second-order valence-electron chi connectivity index (χ2n) is 5.83. The van der Waals surface area contributed by atoms with Crippen LogP contribution in [0, 0.1) is 5.41 Å². The molecule has 0 radical (unpaired) electrons. The average Bonchev–Trinajstić information content (AvgIpc) is 2.61. The van der Waals surface area contributed by atoms with Crippen molar-refractivity contribution in [1.82, 2.24) is 10.2 Å². The molecular formula is C13H26N2O2. The smallest absolute Gasteiger partial charge is 0.234 e. The van der Waals surface area contributed by atoms with E-state index in [2.05, 4.69) is 26.1 Å². The van der Waals surface area contributed by atoms with Crippen molar-refractivity contribution in [3.8, 4) is 0 Å². The standard InChI is InChI=1S/C13H26N2O2/c1-10(2)15(4)8-12(17)14-11-6-5-7-13(11,3)9-16/h10-11,16H,5-9H2,1-4H3,(H,14,17). The molecule has 2 N–H and O–H groups in total. The molecule has 0 aromatic heterocycles. The minimum atomic E-state index is -0.133. The number of carbonyl (C=O) groups excluding carboxylic acids is 1. The van der Waals surface area contributed by atoms with Gasteiger partial charge in [0.15, 0.2) is 0 Å². The molecule has 2 atom stereocenters. The molecular weight excluding hydrogens is 216 g/mol. The number of amides is 1. The van der Waals surface area contributed by atoms with Gasteiger partial charge in [-0.2, -0.15) is 0 Å². The lowest BCUT2D eigenvalue weighted by atomic mass is 9.86. The quantitative estimate of drug-likeness (QED) is 0.756. The van der Waals surface area contributed by atoms with Gasteiger partial charge in [0.05, 0.1) is 13.2 Å². The highest BCUT2D eigenvalue weighted by Gasteiger charge is 2.39. The molecule has 1 saturated carbocycles. The normalized spacial score (nSPS) is 29.0. The van der Waals surface area contributed by atoms with Gasteiger partial charge in [-0.15, -0.1) is 0 Å². The van der Waals surface area contributed by atoms with Crippen LogP contribution in [0.25, 0.3) is 0 Å². The Balaban J connectivity index is 2.46. The predicted octanol–water partition coefficient (Wildman–Crippen LogP) is 0.994. The molecule has 1 aliphatic rings. The number of aliphatic hydroxyl groups is 1. The number of hydrogen-bond donors (Lipinski definition) is 2. The molecule has 100 valence electrons. The fourth-order valence-electron chi connectivity index (χ4n) is 2.32. The zero-order valence-electron chi connectivity index (χ0n) is 11.5. The van der Waals surface area contributed by atoms with E-state index in [1.54, 1.807) is 0 Å². The molecule has 2 unspecified atom stereocenters. The summed E-state index contributed by atoms with van der Waals surface area (Å²) in [6.07, 6.45) is 3.06. The van der Waals surface area contributed by atoms with Gasteiger partial charge in [-0.25, -0.2) is 0 Å². The largest absolute Gasteiger partial charge is 0.396 e. The summed E-state index contributed by atoms with van der Waals surface area (Å²) in [5.74, 6) is 0.0628. The topological polar surface area (TPSA) is 52.6 Å². The third kappa shape index (κ3) is 3.68. The summed E-state index contributed by atoms with van der Waals surface area (Å²) in [5, 5.41) is 12.5. The van der Waals surface area contributed by atoms with E-state index in [0.29, 0.717) is 12.6 Å². The van der Waals surface area contributed by atoms with Crippen LogP contribution in [0.15, 0.2) is 0 Å². The fraction of sp³-hybridized carbons (Fsp3) is 0.923. The molecule has 1 fully saturated rings. The lowest BCUT2D eigenvalue weighted by molar-refractivity contribution is -0.123. The van der Waals surface area contributed by atoms with Crippen molar-refractivity contribution < 1.29 is 9.90 Å². The van der Waals surface area contributed by atoms with Gasteiger partial charge >= 0.3 is 0 Å². The van der Waals surface area contributed by atoms with Crippen LogP contribution in [0.4, 0.5) is 0 Å². The molecule has 0 aliphatic heterocycles. The van der Waals surface area contributed by atoms with Crippen LogP contribution in [-0.2, 0) is 4.79 Å². The molecule has 0 bridgehead atoms. The molecule has 1 rings (SSSR count). The van der Waals surface area contributed by atoms with Crippen molar-refractivity contribution in [2.75, 3.05) is 20.2 Å². The zero-order valence-corrected chi connectivity index (χ0v) is 11.5. The van der Waals surface area contributed by atoms with E-state index in [9.17, 15) is 9.90 Å². The summed E-state index contributed by atoms with van der Waals surface area (Å²) in [4.78, 5) is 13.9. The van der Waals surface area contributed by atoms with Crippen molar-refractivity contribution in [3.63, 3.8) is 0 Å². The minimum Gasteiger partial charge on any atom is -0.396 e.